The number of benzene rings is 2. The van der Waals surface area contributed by atoms with Gasteiger partial charge in [-0.3, -0.25) is 9.78 Å². The van der Waals surface area contributed by atoms with E-state index in [1.54, 1.807) is 11.9 Å². The number of aryl methyl sites for hydroxylation is 1. The summed E-state index contributed by atoms with van der Waals surface area (Å²) in [5, 5.41) is 0. The summed E-state index contributed by atoms with van der Waals surface area (Å²) in [5.74, 6) is 1.38. The molecule has 5 nitrogen and oxygen atoms in total. The molecule has 2 heterocycles. The Labute approximate surface area is 164 Å². The molecule has 3 aromatic rings. The van der Waals surface area contributed by atoms with Crippen LogP contribution in [0.25, 0.3) is 11.3 Å². The Kier molecular flexibility index (Phi) is 4.98. The first kappa shape index (κ1) is 18.0. The average molecular weight is 374 g/mol. The van der Waals surface area contributed by atoms with E-state index in [1.807, 2.05) is 73.7 Å². The van der Waals surface area contributed by atoms with Gasteiger partial charge in [-0.25, -0.2) is 0 Å². The van der Waals surface area contributed by atoms with Crippen molar-refractivity contribution in [2.45, 2.75) is 13.0 Å². The standard InChI is InChI=1S/C23H22N2O3/c1-16-19(12-13-20(24-16)17-8-4-3-5-9-17)23(26)25(2)14-18-15-27-21-10-6-7-11-22(21)28-18/h3-13,18H,14-15H2,1-2H3/t18-/m0/s1. The highest BCUT2D eigenvalue weighted by molar-refractivity contribution is 5.95. The summed E-state index contributed by atoms with van der Waals surface area (Å²) in [5.41, 5.74) is 3.20. The first-order valence-electron chi connectivity index (χ1n) is 9.29. The monoisotopic (exact) mass is 374 g/mol. The predicted octanol–water partition coefficient (Wildman–Crippen LogP) is 3.97. The number of hydrogen-bond acceptors (Lipinski definition) is 4. The molecule has 1 aromatic heterocycles. The fourth-order valence-corrected chi connectivity index (χ4v) is 3.30. The number of amides is 1. The minimum Gasteiger partial charge on any atom is -0.486 e. The maximum atomic E-state index is 12.9. The Bertz CT molecular complexity index is 988. The minimum absolute atomic E-state index is 0.0768. The third-order valence-corrected chi connectivity index (χ3v) is 4.78. The van der Waals surface area contributed by atoms with Gasteiger partial charge in [0.1, 0.15) is 6.61 Å². The van der Waals surface area contributed by atoms with Gasteiger partial charge in [-0.05, 0) is 31.2 Å². The smallest absolute Gasteiger partial charge is 0.255 e. The summed E-state index contributed by atoms with van der Waals surface area (Å²) in [7, 11) is 1.77. The summed E-state index contributed by atoms with van der Waals surface area (Å²) >= 11 is 0. The summed E-state index contributed by atoms with van der Waals surface area (Å²) < 4.78 is 11.7. The first-order chi connectivity index (χ1) is 13.6. The van der Waals surface area contributed by atoms with Crippen molar-refractivity contribution in [1.82, 2.24) is 9.88 Å². The van der Waals surface area contributed by atoms with Gasteiger partial charge < -0.3 is 14.4 Å². The lowest BCUT2D eigenvalue weighted by atomic mass is 10.1. The molecule has 1 aliphatic heterocycles. The third kappa shape index (κ3) is 3.69. The zero-order chi connectivity index (χ0) is 19.5. The van der Waals surface area contributed by atoms with E-state index in [1.165, 1.54) is 0 Å². The van der Waals surface area contributed by atoms with E-state index in [9.17, 15) is 4.79 Å². The zero-order valence-corrected chi connectivity index (χ0v) is 16.0. The molecule has 1 atom stereocenters. The second-order valence-electron chi connectivity index (χ2n) is 6.88. The van der Waals surface area contributed by atoms with Crippen molar-refractivity contribution in [3.05, 3.63) is 78.0 Å². The highest BCUT2D eigenvalue weighted by atomic mass is 16.6. The fourth-order valence-electron chi connectivity index (χ4n) is 3.30. The van der Waals surface area contributed by atoms with E-state index in [0.29, 0.717) is 30.2 Å². The SMILES string of the molecule is Cc1nc(-c2ccccc2)ccc1C(=O)N(C)C[C@H]1COc2ccccc2O1. The molecule has 1 amide bonds. The van der Waals surface area contributed by atoms with Crippen molar-refractivity contribution in [3.8, 4) is 22.8 Å². The summed E-state index contributed by atoms with van der Waals surface area (Å²) in [6.45, 7) is 2.72. The number of hydrogen-bond donors (Lipinski definition) is 0. The van der Waals surface area contributed by atoms with Gasteiger partial charge in [0.15, 0.2) is 17.6 Å². The molecule has 2 aromatic carbocycles. The number of aromatic nitrogens is 1. The lowest BCUT2D eigenvalue weighted by Gasteiger charge is -2.29. The zero-order valence-electron chi connectivity index (χ0n) is 16.0. The molecule has 0 unspecified atom stereocenters. The molecule has 0 aliphatic carbocycles. The topological polar surface area (TPSA) is 51.7 Å². The predicted molar refractivity (Wildman–Crippen MR) is 108 cm³/mol. The number of para-hydroxylation sites is 2. The Morgan fingerprint density at radius 1 is 1.04 bits per heavy atom. The van der Waals surface area contributed by atoms with Crippen LogP contribution in [-0.2, 0) is 0 Å². The van der Waals surface area contributed by atoms with E-state index in [4.69, 9.17) is 9.47 Å². The minimum atomic E-state index is -0.208. The number of likely N-dealkylation sites (N-methyl/N-ethyl adjacent to an activating group) is 1. The van der Waals surface area contributed by atoms with Gasteiger partial charge in [-0.2, -0.15) is 0 Å². The lowest BCUT2D eigenvalue weighted by molar-refractivity contribution is 0.0520. The molecule has 0 saturated carbocycles. The summed E-state index contributed by atoms with van der Waals surface area (Å²) in [6, 6.07) is 21.2. The number of carbonyl (C=O) groups excluding carboxylic acids is 1. The van der Waals surface area contributed by atoms with E-state index in [-0.39, 0.29) is 12.0 Å². The molecule has 1 aliphatic rings. The van der Waals surface area contributed by atoms with Crippen LogP contribution in [0.4, 0.5) is 0 Å². The van der Waals surface area contributed by atoms with Crippen LogP contribution in [0.2, 0.25) is 0 Å². The van der Waals surface area contributed by atoms with Crippen LogP contribution in [0.1, 0.15) is 16.1 Å². The van der Waals surface area contributed by atoms with Crippen LogP contribution in [0, 0.1) is 6.92 Å². The first-order valence-corrected chi connectivity index (χ1v) is 9.29. The van der Waals surface area contributed by atoms with Crippen LogP contribution in [0.5, 0.6) is 11.5 Å². The molecule has 4 rings (SSSR count). The molecule has 142 valence electrons. The van der Waals surface area contributed by atoms with Crippen molar-refractivity contribution in [1.29, 1.82) is 0 Å². The van der Waals surface area contributed by atoms with Crippen molar-refractivity contribution < 1.29 is 14.3 Å². The van der Waals surface area contributed by atoms with Crippen molar-refractivity contribution in [2.75, 3.05) is 20.2 Å². The largest absolute Gasteiger partial charge is 0.486 e. The van der Waals surface area contributed by atoms with Crippen molar-refractivity contribution >= 4 is 5.91 Å². The lowest BCUT2D eigenvalue weighted by Crippen LogP contribution is -2.42. The van der Waals surface area contributed by atoms with Gasteiger partial charge in [-0.15, -0.1) is 0 Å². The molecular weight excluding hydrogens is 352 g/mol. The Morgan fingerprint density at radius 3 is 2.50 bits per heavy atom. The van der Waals surface area contributed by atoms with Crippen LogP contribution in [0.3, 0.4) is 0 Å². The van der Waals surface area contributed by atoms with E-state index in [2.05, 4.69) is 4.98 Å². The third-order valence-electron chi connectivity index (χ3n) is 4.78. The van der Waals surface area contributed by atoms with Crippen LogP contribution in [0.15, 0.2) is 66.7 Å². The maximum Gasteiger partial charge on any atom is 0.255 e. The van der Waals surface area contributed by atoms with Gasteiger partial charge in [0.2, 0.25) is 0 Å². The molecule has 0 fully saturated rings. The number of rotatable bonds is 4. The van der Waals surface area contributed by atoms with E-state index < -0.39 is 0 Å². The summed E-state index contributed by atoms with van der Waals surface area (Å²) in [6.07, 6.45) is -0.208. The fraction of sp³-hybridized carbons (Fsp3) is 0.217. The molecule has 5 heteroatoms. The van der Waals surface area contributed by atoms with E-state index >= 15 is 0 Å². The van der Waals surface area contributed by atoms with Crippen molar-refractivity contribution in [3.63, 3.8) is 0 Å². The average Bonchev–Trinajstić information content (AvgIpc) is 2.73. The van der Waals surface area contributed by atoms with Gasteiger partial charge in [0, 0.05) is 12.6 Å². The quantitative estimate of drug-likeness (QED) is 0.693. The Hall–Kier alpha value is -3.34. The molecule has 0 radical (unpaired) electrons. The second kappa shape index (κ2) is 7.72. The molecule has 0 bridgehead atoms. The van der Waals surface area contributed by atoms with Crippen LogP contribution in [-0.4, -0.2) is 42.1 Å². The van der Waals surface area contributed by atoms with Gasteiger partial charge in [-0.1, -0.05) is 42.5 Å². The highest BCUT2D eigenvalue weighted by Crippen LogP contribution is 2.31. The van der Waals surface area contributed by atoms with Gasteiger partial charge >= 0.3 is 0 Å². The molecule has 0 spiro atoms. The molecular formula is C23H22N2O3. The van der Waals surface area contributed by atoms with E-state index in [0.717, 1.165) is 17.0 Å². The van der Waals surface area contributed by atoms with Gasteiger partial charge in [0.25, 0.3) is 5.91 Å². The normalized spacial score (nSPS) is 15.1. The van der Waals surface area contributed by atoms with Crippen LogP contribution >= 0.6 is 0 Å². The number of carbonyl (C=O) groups is 1. The number of fused-ring (bicyclic) bond motifs is 1. The highest BCUT2D eigenvalue weighted by Gasteiger charge is 2.25. The number of ether oxygens (including phenoxy) is 2. The number of pyridine rings is 1. The van der Waals surface area contributed by atoms with Gasteiger partial charge in [0.05, 0.1) is 23.5 Å². The molecule has 0 saturated heterocycles. The maximum absolute atomic E-state index is 12.9. The second-order valence-corrected chi connectivity index (χ2v) is 6.88. The Balaban J connectivity index is 1.45. The molecule has 0 N–H and O–H groups in total. The number of nitrogens with zero attached hydrogens (tertiary/aromatic N) is 2. The summed E-state index contributed by atoms with van der Waals surface area (Å²) in [4.78, 5) is 19.2. The Morgan fingerprint density at radius 2 is 1.75 bits per heavy atom. The van der Waals surface area contributed by atoms with Crippen LogP contribution < -0.4 is 9.47 Å². The molecule has 28 heavy (non-hydrogen) atoms. The van der Waals surface area contributed by atoms with Crippen molar-refractivity contribution in [2.24, 2.45) is 0 Å².